The summed E-state index contributed by atoms with van der Waals surface area (Å²) in [7, 11) is 0. The highest BCUT2D eigenvalue weighted by Gasteiger charge is 2.16. The lowest BCUT2D eigenvalue weighted by Gasteiger charge is -2.21. The lowest BCUT2D eigenvalue weighted by molar-refractivity contribution is 0.207. The van der Waals surface area contributed by atoms with Gasteiger partial charge in [0.25, 0.3) is 0 Å². The monoisotopic (exact) mass is 341 g/mol. The molecule has 1 N–H and O–H groups in total. The minimum atomic E-state index is -0.135. The molecule has 0 unspecified atom stereocenters. The lowest BCUT2D eigenvalue weighted by atomic mass is 10.3. The fraction of sp³-hybridized carbons (Fsp3) is 0.222. The van der Waals surface area contributed by atoms with Crippen molar-refractivity contribution in [3.63, 3.8) is 0 Å². The molecule has 0 aliphatic heterocycles. The fourth-order valence-electron chi connectivity index (χ4n) is 2.36. The Labute approximate surface area is 144 Å². The summed E-state index contributed by atoms with van der Waals surface area (Å²) in [6.45, 7) is 3.11. The summed E-state index contributed by atoms with van der Waals surface area (Å²) in [5.74, 6) is 0.736. The largest absolute Gasteiger partial charge is 0.355 e. The summed E-state index contributed by atoms with van der Waals surface area (Å²) in [6, 6.07) is 15.2. The van der Waals surface area contributed by atoms with Crippen LogP contribution in [0.3, 0.4) is 0 Å². The molecule has 0 radical (unpaired) electrons. The van der Waals surface area contributed by atoms with Crippen molar-refractivity contribution >= 4 is 23.1 Å². The fourth-order valence-corrected chi connectivity index (χ4v) is 3.04. The van der Waals surface area contributed by atoms with E-state index in [2.05, 4.69) is 10.5 Å². The van der Waals surface area contributed by atoms with Crippen LogP contribution < -0.4 is 5.32 Å². The van der Waals surface area contributed by atoms with Crippen molar-refractivity contribution in [2.75, 3.05) is 11.9 Å². The number of nitrogens with zero attached hydrogens (tertiary/aromatic N) is 2. The Bertz CT molecular complexity index is 769. The second-order valence-corrected chi connectivity index (χ2v) is 6.33. The molecule has 6 heteroatoms. The first-order valence-corrected chi connectivity index (χ1v) is 8.74. The van der Waals surface area contributed by atoms with E-state index < -0.39 is 0 Å². The number of aromatic nitrogens is 1. The molecule has 2 amide bonds. The maximum atomic E-state index is 12.5. The summed E-state index contributed by atoms with van der Waals surface area (Å²) in [4.78, 5) is 15.3. The van der Waals surface area contributed by atoms with E-state index >= 15 is 0 Å². The van der Waals surface area contributed by atoms with Gasteiger partial charge in [-0.3, -0.25) is 0 Å². The number of hydrogen-bond acceptors (Lipinski definition) is 4. The smallest absolute Gasteiger partial charge is 0.322 e. The molecular formula is C18H19N3O2S. The zero-order valence-electron chi connectivity index (χ0n) is 13.4. The van der Waals surface area contributed by atoms with Gasteiger partial charge in [-0.1, -0.05) is 36.3 Å². The number of anilines is 1. The van der Waals surface area contributed by atoms with Gasteiger partial charge in [-0.25, -0.2) is 4.79 Å². The Morgan fingerprint density at radius 1 is 1.25 bits per heavy atom. The number of hydrogen-bond donors (Lipinski definition) is 1. The van der Waals surface area contributed by atoms with Crippen LogP contribution in [0.2, 0.25) is 0 Å². The van der Waals surface area contributed by atoms with Crippen LogP contribution in [0.1, 0.15) is 19.0 Å². The first kappa shape index (κ1) is 16.3. The number of rotatable bonds is 6. The number of amides is 2. The van der Waals surface area contributed by atoms with E-state index in [9.17, 15) is 4.79 Å². The molecule has 1 aromatic carbocycles. The van der Waals surface area contributed by atoms with Crippen LogP contribution in [0.25, 0.3) is 10.6 Å². The Morgan fingerprint density at radius 2 is 2.08 bits per heavy atom. The Kier molecular flexibility index (Phi) is 5.28. The van der Waals surface area contributed by atoms with Crippen LogP contribution in [-0.4, -0.2) is 22.6 Å². The summed E-state index contributed by atoms with van der Waals surface area (Å²) in [5.41, 5.74) is 1.53. The predicted octanol–water partition coefficient (Wildman–Crippen LogP) is 4.85. The number of carbonyl (C=O) groups is 1. The van der Waals surface area contributed by atoms with Gasteiger partial charge in [0.1, 0.15) is 5.69 Å². The number of carbonyl (C=O) groups excluding carboxylic acids is 1. The van der Waals surface area contributed by atoms with Gasteiger partial charge in [0.15, 0.2) is 5.76 Å². The molecule has 0 aliphatic carbocycles. The van der Waals surface area contributed by atoms with Gasteiger partial charge in [-0.2, -0.15) is 0 Å². The van der Waals surface area contributed by atoms with Gasteiger partial charge in [0.05, 0.1) is 11.4 Å². The molecule has 2 heterocycles. The van der Waals surface area contributed by atoms with Crippen molar-refractivity contribution in [2.45, 2.75) is 19.9 Å². The third kappa shape index (κ3) is 4.02. The van der Waals surface area contributed by atoms with Crippen LogP contribution in [0.5, 0.6) is 0 Å². The second kappa shape index (κ2) is 7.79. The van der Waals surface area contributed by atoms with E-state index in [1.165, 1.54) is 0 Å². The van der Waals surface area contributed by atoms with Crippen LogP contribution in [-0.2, 0) is 6.54 Å². The van der Waals surface area contributed by atoms with Crippen molar-refractivity contribution in [1.82, 2.24) is 10.1 Å². The standard InChI is InChI=1S/C18H19N3O2S/c1-2-10-21(18(22)19-14-7-4-3-5-8-14)13-15-12-16(23-20-15)17-9-6-11-24-17/h3-9,11-12H,2,10,13H2,1H3,(H,19,22). The molecule has 3 aromatic rings. The molecule has 0 saturated carbocycles. The van der Waals surface area contributed by atoms with Gasteiger partial charge in [-0.15, -0.1) is 11.3 Å². The Morgan fingerprint density at radius 3 is 2.79 bits per heavy atom. The summed E-state index contributed by atoms with van der Waals surface area (Å²) >= 11 is 1.60. The molecule has 3 rings (SSSR count). The van der Waals surface area contributed by atoms with E-state index in [0.29, 0.717) is 13.1 Å². The SMILES string of the molecule is CCCN(Cc1cc(-c2cccs2)on1)C(=O)Nc1ccccc1. The average Bonchev–Trinajstić information content (AvgIpc) is 3.26. The zero-order chi connectivity index (χ0) is 16.8. The number of urea groups is 1. The third-order valence-corrected chi connectivity index (χ3v) is 4.37. The van der Waals surface area contributed by atoms with Gasteiger partial charge in [0.2, 0.25) is 0 Å². The molecule has 0 saturated heterocycles. The number of nitrogens with one attached hydrogen (secondary N) is 1. The molecule has 5 nitrogen and oxygen atoms in total. The average molecular weight is 341 g/mol. The topological polar surface area (TPSA) is 58.4 Å². The maximum Gasteiger partial charge on any atom is 0.322 e. The molecule has 0 spiro atoms. The summed E-state index contributed by atoms with van der Waals surface area (Å²) in [6.07, 6.45) is 0.873. The highest BCUT2D eigenvalue weighted by Crippen LogP contribution is 2.25. The van der Waals surface area contributed by atoms with Crippen molar-refractivity contribution in [3.05, 3.63) is 59.6 Å². The van der Waals surface area contributed by atoms with Gasteiger partial charge >= 0.3 is 6.03 Å². The Hall–Kier alpha value is -2.60. The van der Waals surface area contributed by atoms with E-state index in [4.69, 9.17) is 4.52 Å². The number of benzene rings is 1. The molecule has 0 bridgehead atoms. The summed E-state index contributed by atoms with van der Waals surface area (Å²) in [5, 5.41) is 9.00. The molecule has 124 valence electrons. The Balaban J connectivity index is 1.68. The molecule has 0 atom stereocenters. The van der Waals surface area contributed by atoms with Crippen LogP contribution in [0.4, 0.5) is 10.5 Å². The molecular weight excluding hydrogens is 322 g/mol. The number of thiophene rings is 1. The first-order valence-electron chi connectivity index (χ1n) is 7.86. The zero-order valence-corrected chi connectivity index (χ0v) is 14.3. The van der Waals surface area contributed by atoms with Gasteiger partial charge in [-0.05, 0) is 30.0 Å². The normalized spacial score (nSPS) is 10.5. The predicted molar refractivity (Wildman–Crippen MR) is 96.0 cm³/mol. The van der Waals surface area contributed by atoms with Crippen LogP contribution >= 0.6 is 11.3 Å². The number of para-hydroxylation sites is 1. The minimum absolute atomic E-state index is 0.135. The molecule has 0 aliphatic rings. The van der Waals surface area contributed by atoms with E-state index in [0.717, 1.165) is 28.4 Å². The van der Waals surface area contributed by atoms with Crippen LogP contribution in [0, 0.1) is 0 Å². The third-order valence-electron chi connectivity index (χ3n) is 3.48. The maximum absolute atomic E-state index is 12.5. The van der Waals surface area contributed by atoms with Crippen molar-refractivity contribution < 1.29 is 9.32 Å². The van der Waals surface area contributed by atoms with E-state index in [-0.39, 0.29) is 6.03 Å². The minimum Gasteiger partial charge on any atom is -0.355 e. The van der Waals surface area contributed by atoms with E-state index in [1.54, 1.807) is 16.2 Å². The quantitative estimate of drug-likeness (QED) is 0.697. The van der Waals surface area contributed by atoms with Gasteiger partial charge in [0, 0.05) is 18.3 Å². The second-order valence-electron chi connectivity index (χ2n) is 5.38. The molecule has 24 heavy (non-hydrogen) atoms. The van der Waals surface area contributed by atoms with Crippen molar-refractivity contribution in [3.8, 4) is 10.6 Å². The highest BCUT2D eigenvalue weighted by atomic mass is 32.1. The van der Waals surface area contributed by atoms with Crippen LogP contribution in [0.15, 0.2) is 58.4 Å². The highest BCUT2D eigenvalue weighted by molar-refractivity contribution is 7.13. The first-order chi connectivity index (χ1) is 11.8. The van der Waals surface area contributed by atoms with E-state index in [1.807, 2.05) is 60.8 Å². The molecule has 2 aromatic heterocycles. The molecule has 0 fully saturated rings. The van der Waals surface area contributed by atoms with Crippen molar-refractivity contribution in [2.24, 2.45) is 0 Å². The van der Waals surface area contributed by atoms with Crippen molar-refractivity contribution in [1.29, 1.82) is 0 Å². The lowest BCUT2D eigenvalue weighted by Crippen LogP contribution is -2.35. The van der Waals surface area contributed by atoms with Gasteiger partial charge < -0.3 is 14.7 Å². The summed E-state index contributed by atoms with van der Waals surface area (Å²) < 4.78 is 5.39.